The van der Waals surface area contributed by atoms with Crippen molar-refractivity contribution in [1.82, 2.24) is 15.2 Å². The summed E-state index contributed by atoms with van der Waals surface area (Å²) in [5.41, 5.74) is 6.80. The van der Waals surface area contributed by atoms with Crippen molar-refractivity contribution in [3.8, 4) is 11.5 Å². The number of imide groups is 1. The van der Waals surface area contributed by atoms with Crippen molar-refractivity contribution in [3.05, 3.63) is 47.7 Å². The van der Waals surface area contributed by atoms with E-state index >= 15 is 0 Å². The predicted octanol–water partition coefficient (Wildman–Crippen LogP) is 2.39. The second-order valence-electron chi connectivity index (χ2n) is 7.85. The van der Waals surface area contributed by atoms with Crippen molar-refractivity contribution >= 4 is 23.7 Å². The van der Waals surface area contributed by atoms with E-state index in [-0.39, 0.29) is 30.3 Å². The van der Waals surface area contributed by atoms with Gasteiger partial charge in [-0.25, -0.2) is 19.5 Å². The van der Waals surface area contributed by atoms with Gasteiger partial charge in [0.05, 0.1) is 18.6 Å². The highest BCUT2D eigenvalue weighted by atomic mass is 19.3. The summed E-state index contributed by atoms with van der Waals surface area (Å²) in [6.45, 7) is 3.28. The molecule has 0 aliphatic carbocycles. The van der Waals surface area contributed by atoms with Crippen molar-refractivity contribution in [2.24, 2.45) is 5.92 Å². The SMILES string of the molecule is CCOC(=O)[C@@H]1[C@@H](Cc2ccnc(N)c2)C(=O)N1C(=O)N[C@H](C)c1ccc2c(c1)OC(F)(F)O2. The lowest BCUT2D eigenvalue weighted by Gasteiger charge is -2.44. The van der Waals surface area contributed by atoms with E-state index in [0.717, 1.165) is 4.90 Å². The highest BCUT2D eigenvalue weighted by Gasteiger charge is 2.55. The van der Waals surface area contributed by atoms with Crippen LogP contribution < -0.4 is 20.5 Å². The molecule has 0 saturated carbocycles. The Morgan fingerprint density at radius 2 is 2.00 bits per heavy atom. The zero-order valence-electron chi connectivity index (χ0n) is 18.3. The van der Waals surface area contributed by atoms with E-state index < -0.39 is 42.2 Å². The molecule has 10 nitrogen and oxygen atoms in total. The first-order valence-electron chi connectivity index (χ1n) is 10.5. The number of anilines is 1. The van der Waals surface area contributed by atoms with Gasteiger partial charge in [0, 0.05) is 6.20 Å². The number of nitrogens with two attached hydrogens (primary N) is 1. The summed E-state index contributed by atoms with van der Waals surface area (Å²) in [5.74, 6) is -2.11. The van der Waals surface area contributed by atoms with Crippen LogP contribution in [-0.4, -0.2) is 46.7 Å². The lowest BCUT2D eigenvalue weighted by molar-refractivity contribution is -0.286. The molecule has 2 aromatic rings. The van der Waals surface area contributed by atoms with Crippen LogP contribution in [0.5, 0.6) is 11.5 Å². The fourth-order valence-corrected chi connectivity index (χ4v) is 3.92. The Morgan fingerprint density at radius 1 is 1.26 bits per heavy atom. The second-order valence-corrected chi connectivity index (χ2v) is 7.85. The van der Waals surface area contributed by atoms with Crippen molar-refractivity contribution in [3.63, 3.8) is 0 Å². The van der Waals surface area contributed by atoms with E-state index in [0.29, 0.717) is 11.1 Å². The van der Waals surface area contributed by atoms with Gasteiger partial charge in [-0.05, 0) is 55.7 Å². The number of carbonyl (C=O) groups is 3. The number of ether oxygens (including phenoxy) is 3. The van der Waals surface area contributed by atoms with Crippen LogP contribution in [-0.2, 0) is 20.7 Å². The molecule has 4 rings (SSSR count). The summed E-state index contributed by atoms with van der Waals surface area (Å²) in [7, 11) is 0. The molecular formula is C22H22F2N4O6. The maximum Gasteiger partial charge on any atom is 0.586 e. The molecule has 2 aliphatic rings. The summed E-state index contributed by atoms with van der Waals surface area (Å²) in [4.78, 5) is 43.0. The monoisotopic (exact) mass is 476 g/mol. The zero-order chi connectivity index (χ0) is 24.6. The van der Waals surface area contributed by atoms with Gasteiger partial charge in [-0.15, -0.1) is 8.78 Å². The molecule has 1 fully saturated rings. The molecule has 1 saturated heterocycles. The second kappa shape index (κ2) is 8.76. The Kier molecular flexibility index (Phi) is 5.98. The van der Waals surface area contributed by atoms with E-state index in [1.165, 1.54) is 24.4 Å². The molecule has 3 atom stereocenters. The number of nitrogens with zero attached hydrogens (tertiary/aromatic N) is 2. The number of fused-ring (bicyclic) bond motifs is 1. The lowest BCUT2D eigenvalue weighted by Crippen LogP contribution is -2.69. The number of hydrogen-bond donors (Lipinski definition) is 2. The van der Waals surface area contributed by atoms with Gasteiger partial charge in [0.2, 0.25) is 5.91 Å². The third kappa shape index (κ3) is 4.43. The van der Waals surface area contributed by atoms with Crippen molar-refractivity contribution in [2.45, 2.75) is 38.6 Å². The van der Waals surface area contributed by atoms with Crippen LogP contribution in [0.25, 0.3) is 0 Å². The highest BCUT2D eigenvalue weighted by molar-refractivity contribution is 6.08. The van der Waals surface area contributed by atoms with Crippen LogP contribution in [0.4, 0.5) is 19.4 Å². The van der Waals surface area contributed by atoms with Crippen molar-refractivity contribution < 1.29 is 37.4 Å². The minimum atomic E-state index is -3.77. The first-order valence-corrected chi connectivity index (χ1v) is 10.5. The molecule has 34 heavy (non-hydrogen) atoms. The van der Waals surface area contributed by atoms with Crippen LogP contribution in [0.15, 0.2) is 36.5 Å². The number of nitrogens with one attached hydrogen (secondary N) is 1. The van der Waals surface area contributed by atoms with Gasteiger partial charge in [-0.3, -0.25) is 4.79 Å². The van der Waals surface area contributed by atoms with Gasteiger partial charge in [0.25, 0.3) is 0 Å². The van der Waals surface area contributed by atoms with Crippen molar-refractivity contribution in [2.75, 3.05) is 12.3 Å². The molecule has 0 unspecified atom stereocenters. The largest absolute Gasteiger partial charge is 0.586 e. The number of urea groups is 1. The summed E-state index contributed by atoms with van der Waals surface area (Å²) < 4.78 is 40.4. The molecule has 0 bridgehead atoms. The third-order valence-electron chi connectivity index (χ3n) is 5.53. The average molecular weight is 476 g/mol. The fraction of sp³-hybridized carbons (Fsp3) is 0.364. The molecule has 1 aromatic heterocycles. The molecule has 2 aliphatic heterocycles. The van der Waals surface area contributed by atoms with E-state index in [4.69, 9.17) is 10.5 Å². The van der Waals surface area contributed by atoms with Gasteiger partial charge in [0.15, 0.2) is 17.5 Å². The van der Waals surface area contributed by atoms with Crippen LogP contribution in [0.3, 0.4) is 0 Å². The Bertz CT molecular complexity index is 1140. The molecule has 0 spiro atoms. The first kappa shape index (κ1) is 23.2. The third-order valence-corrected chi connectivity index (χ3v) is 5.53. The maximum atomic E-state index is 13.3. The number of halogens is 2. The number of hydrogen-bond acceptors (Lipinski definition) is 8. The van der Waals surface area contributed by atoms with E-state index in [9.17, 15) is 23.2 Å². The Labute approximate surface area is 193 Å². The number of esters is 1. The number of pyridine rings is 1. The summed E-state index contributed by atoms with van der Waals surface area (Å²) in [6, 6.07) is 4.69. The molecule has 3 N–H and O–H groups in total. The first-order chi connectivity index (χ1) is 16.1. The minimum Gasteiger partial charge on any atom is -0.464 e. The standard InChI is InChI=1S/C22H22F2N4O6/c1-3-32-20(30)18-14(8-12-6-7-26-17(25)9-12)19(29)28(18)21(31)27-11(2)13-4-5-15-16(10-13)34-22(23,24)33-15/h4-7,9-11,14,18H,3,8H2,1-2H3,(H2,25,26)(H,27,31)/t11-,14-,18+/m1/s1. The van der Waals surface area contributed by atoms with Gasteiger partial charge in [0.1, 0.15) is 5.82 Å². The molecule has 1 aromatic carbocycles. The van der Waals surface area contributed by atoms with Crippen LogP contribution in [0, 0.1) is 5.92 Å². The fourth-order valence-electron chi connectivity index (χ4n) is 3.92. The lowest BCUT2D eigenvalue weighted by atomic mass is 9.82. The van der Waals surface area contributed by atoms with Crippen LogP contribution >= 0.6 is 0 Å². The van der Waals surface area contributed by atoms with Gasteiger partial charge < -0.3 is 25.3 Å². The van der Waals surface area contributed by atoms with Gasteiger partial charge in [-0.1, -0.05) is 6.07 Å². The zero-order valence-corrected chi connectivity index (χ0v) is 18.3. The summed E-state index contributed by atoms with van der Waals surface area (Å²) >= 11 is 0. The summed E-state index contributed by atoms with van der Waals surface area (Å²) in [6.07, 6.45) is -2.11. The molecule has 0 radical (unpaired) electrons. The number of nitrogen functional groups attached to an aromatic ring is 1. The quantitative estimate of drug-likeness (QED) is 0.480. The highest BCUT2D eigenvalue weighted by Crippen LogP contribution is 2.42. The topological polar surface area (TPSA) is 133 Å². The number of carbonyl (C=O) groups excluding carboxylic acids is 3. The Balaban J connectivity index is 1.48. The molecule has 12 heteroatoms. The number of aromatic nitrogens is 1. The summed E-state index contributed by atoms with van der Waals surface area (Å²) in [5, 5.41) is 2.61. The predicted molar refractivity (Wildman–Crippen MR) is 113 cm³/mol. The van der Waals surface area contributed by atoms with Crippen LogP contribution in [0.2, 0.25) is 0 Å². The van der Waals surface area contributed by atoms with Crippen LogP contribution in [0.1, 0.15) is 31.0 Å². The van der Waals surface area contributed by atoms with E-state index in [2.05, 4.69) is 19.8 Å². The number of amides is 3. The van der Waals surface area contributed by atoms with Gasteiger partial charge >= 0.3 is 18.3 Å². The maximum absolute atomic E-state index is 13.3. The number of likely N-dealkylation sites (tertiary alicyclic amines) is 1. The van der Waals surface area contributed by atoms with Crippen molar-refractivity contribution in [1.29, 1.82) is 0 Å². The number of benzene rings is 1. The van der Waals surface area contributed by atoms with Gasteiger partial charge in [-0.2, -0.15) is 0 Å². The number of rotatable bonds is 6. The minimum absolute atomic E-state index is 0.0755. The van der Waals surface area contributed by atoms with E-state index in [1.54, 1.807) is 26.0 Å². The average Bonchev–Trinajstić information content (AvgIpc) is 3.08. The Hall–Kier alpha value is -3.96. The normalized spacial score (nSPS) is 20.9. The molecular weight excluding hydrogens is 454 g/mol. The molecule has 3 amide bonds. The number of β-lactam (4-membered cyclic amide) rings is 1. The van der Waals surface area contributed by atoms with E-state index in [1.807, 2.05) is 0 Å². The number of alkyl halides is 2. The smallest absolute Gasteiger partial charge is 0.464 e. The molecule has 3 heterocycles. The Morgan fingerprint density at radius 3 is 2.71 bits per heavy atom. The molecule has 180 valence electrons.